The van der Waals surface area contributed by atoms with E-state index in [9.17, 15) is 4.39 Å². The van der Waals surface area contributed by atoms with Gasteiger partial charge in [0.2, 0.25) is 0 Å². The predicted molar refractivity (Wildman–Crippen MR) is 75.8 cm³/mol. The molecular formula is C14H20FN3O3. The number of hydrogen-bond donors (Lipinski definition) is 2. The van der Waals surface area contributed by atoms with Crippen LogP contribution in [0.15, 0.2) is 23.4 Å². The normalized spacial score (nSPS) is 23.7. The third kappa shape index (κ3) is 3.49. The summed E-state index contributed by atoms with van der Waals surface area (Å²) in [5.74, 6) is -0.526. The van der Waals surface area contributed by atoms with E-state index in [1.165, 1.54) is 12.1 Å². The van der Waals surface area contributed by atoms with Crippen molar-refractivity contribution in [2.75, 3.05) is 27.3 Å². The molecule has 2 atom stereocenters. The fourth-order valence-electron chi connectivity index (χ4n) is 2.62. The molecule has 21 heavy (non-hydrogen) atoms. The van der Waals surface area contributed by atoms with Gasteiger partial charge in [-0.15, -0.1) is 0 Å². The number of oxime groups is 1. The molecule has 0 aliphatic carbocycles. The van der Waals surface area contributed by atoms with Crippen LogP contribution in [-0.4, -0.2) is 55.5 Å². The predicted octanol–water partition coefficient (Wildman–Crippen LogP) is 0.766. The molecule has 2 rings (SSSR count). The van der Waals surface area contributed by atoms with Crippen LogP contribution < -0.4 is 5.73 Å². The second-order valence-corrected chi connectivity index (χ2v) is 5.03. The van der Waals surface area contributed by atoms with Gasteiger partial charge in [-0.2, -0.15) is 0 Å². The zero-order valence-electron chi connectivity index (χ0n) is 12.1. The lowest BCUT2D eigenvalue weighted by molar-refractivity contribution is -0.00461. The Kier molecular flexibility index (Phi) is 5.11. The number of methoxy groups -OCH3 is 2. The van der Waals surface area contributed by atoms with Gasteiger partial charge in [-0.3, -0.25) is 4.90 Å². The van der Waals surface area contributed by atoms with Crippen molar-refractivity contribution in [2.45, 2.75) is 18.8 Å². The zero-order valence-corrected chi connectivity index (χ0v) is 12.1. The van der Waals surface area contributed by atoms with Crippen LogP contribution in [0.4, 0.5) is 4.39 Å². The molecule has 1 fully saturated rings. The summed E-state index contributed by atoms with van der Waals surface area (Å²) in [6.45, 7) is 1.97. The minimum Gasteiger partial charge on any atom is -0.409 e. The van der Waals surface area contributed by atoms with Gasteiger partial charge in [-0.1, -0.05) is 11.2 Å². The van der Waals surface area contributed by atoms with Crippen molar-refractivity contribution < 1.29 is 19.1 Å². The van der Waals surface area contributed by atoms with Crippen molar-refractivity contribution in [2.24, 2.45) is 10.9 Å². The highest BCUT2D eigenvalue weighted by atomic mass is 19.1. The van der Waals surface area contributed by atoms with Crippen LogP contribution >= 0.6 is 0 Å². The number of hydrogen-bond acceptors (Lipinski definition) is 5. The molecule has 7 heteroatoms. The number of amidine groups is 1. The van der Waals surface area contributed by atoms with Gasteiger partial charge in [0.1, 0.15) is 5.82 Å². The summed E-state index contributed by atoms with van der Waals surface area (Å²) in [7, 11) is 3.31. The molecule has 0 amide bonds. The molecule has 2 unspecified atom stereocenters. The maximum absolute atomic E-state index is 13.3. The van der Waals surface area contributed by atoms with Crippen LogP contribution in [0.5, 0.6) is 0 Å². The Morgan fingerprint density at radius 3 is 2.52 bits per heavy atom. The molecule has 1 aromatic carbocycles. The molecule has 1 aromatic rings. The largest absolute Gasteiger partial charge is 0.409 e. The molecule has 1 aliphatic rings. The molecule has 0 spiro atoms. The fourth-order valence-corrected chi connectivity index (χ4v) is 2.62. The van der Waals surface area contributed by atoms with Gasteiger partial charge in [-0.25, -0.2) is 4.39 Å². The molecule has 3 N–H and O–H groups in total. The average Bonchev–Trinajstić information content (AvgIpc) is 2.90. The quantitative estimate of drug-likeness (QED) is 0.363. The summed E-state index contributed by atoms with van der Waals surface area (Å²) in [5.41, 5.74) is 6.80. The Hall–Kier alpha value is -1.70. The lowest BCUT2D eigenvalue weighted by Crippen LogP contribution is -2.27. The minimum atomic E-state index is -0.425. The topological polar surface area (TPSA) is 80.3 Å². The molecular weight excluding hydrogens is 277 g/mol. The lowest BCUT2D eigenvalue weighted by Gasteiger charge is -2.17. The summed E-state index contributed by atoms with van der Waals surface area (Å²) in [6, 6.07) is 4.27. The highest BCUT2D eigenvalue weighted by Gasteiger charge is 2.33. The van der Waals surface area contributed by atoms with E-state index in [1.54, 1.807) is 20.3 Å². The van der Waals surface area contributed by atoms with Crippen molar-refractivity contribution >= 4 is 5.84 Å². The smallest absolute Gasteiger partial charge is 0.170 e. The SMILES string of the molecule is COC1CN(Cc2ccc(F)cc2/C(N)=N/O)CC1OC. The molecule has 116 valence electrons. The van der Waals surface area contributed by atoms with Gasteiger partial charge in [-0.05, 0) is 17.7 Å². The van der Waals surface area contributed by atoms with E-state index < -0.39 is 5.82 Å². The van der Waals surface area contributed by atoms with E-state index in [1.807, 2.05) is 0 Å². The second-order valence-electron chi connectivity index (χ2n) is 5.03. The number of rotatable bonds is 5. The molecule has 0 aromatic heterocycles. The van der Waals surface area contributed by atoms with E-state index >= 15 is 0 Å². The second kappa shape index (κ2) is 6.84. The van der Waals surface area contributed by atoms with Crippen LogP contribution in [0.1, 0.15) is 11.1 Å². The van der Waals surface area contributed by atoms with Gasteiger partial charge in [0.25, 0.3) is 0 Å². The summed E-state index contributed by atoms with van der Waals surface area (Å²) in [6.07, 6.45) is 0.00510. The fraction of sp³-hybridized carbons (Fsp3) is 0.500. The Morgan fingerprint density at radius 2 is 2.00 bits per heavy atom. The summed E-state index contributed by atoms with van der Waals surface area (Å²) in [5, 5.41) is 11.8. The Labute approximate surface area is 122 Å². The van der Waals surface area contributed by atoms with Gasteiger partial charge < -0.3 is 20.4 Å². The van der Waals surface area contributed by atoms with Crippen LogP contribution in [-0.2, 0) is 16.0 Å². The number of benzene rings is 1. The maximum Gasteiger partial charge on any atom is 0.170 e. The number of halogens is 1. The Bertz CT molecular complexity index is 512. The molecule has 0 saturated carbocycles. The monoisotopic (exact) mass is 297 g/mol. The van der Waals surface area contributed by atoms with Crippen molar-refractivity contribution in [1.82, 2.24) is 4.90 Å². The van der Waals surface area contributed by atoms with Gasteiger partial charge in [0.05, 0.1) is 12.2 Å². The average molecular weight is 297 g/mol. The summed E-state index contributed by atoms with van der Waals surface area (Å²) < 4.78 is 24.1. The summed E-state index contributed by atoms with van der Waals surface area (Å²) in [4.78, 5) is 2.13. The van der Waals surface area contributed by atoms with E-state index in [4.69, 9.17) is 20.4 Å². The molecule has 6 nitrogen and oxygen atoms in total. The van der Waals surface area contributed by atoms with E-state index in [-0.39, 0.29) is 18.0 Å². The van der Waals surface area contributed by atoms with Gasteiger partial charge in [0.15, 0.2) is 5.84 Å². The maximum atomic E-state index is 13.3. The highest BCUT2D eigenvalue weighted by molar-refractivity contribution is 5.98. The number of ether oxygens (including phenoxy) is 2. The molecule has 1 heterocycles. The van der Waals surface area contributed by atoms with Crippen molar-refractivity contribution in [3.63, 3.8) is 0 Å². The third-order valence-corrected chi connectivity index (χ3v) is 3.75. The van der Waals surface area contributed by atoms with Crippen LogP contribution in [0.2, 0.25) is 0 Å². The standard InChI is InChI=1S/C14H20FN3O3/c1-20-12-7-18(8-13(12)21-2)6-9-3-4-10(15)5-11(9)14(16)17-19/h3-5,12-13,19H,6-8H2,1-2H3,(H2,16,17). The van der Waals surface area contributed by atoms with E-state index in [0.717, 1.165) is 5.56 Å². The molecule has 1 aliphatic heterocycles. The third-order valence-electron chi connectivity index (χ3n) is 3.75. The van der Waals surface area contributed by atoms with Crippen molar-refractivity contribution in [3.05, 3.63) is 35.1 Å². The lowest BCUT2D eigenvalue weighted by atomic mass is 10.1. The first-order valence-corrected chi connectivity index (χ1v) is 6.63. The van der Waals surface area contributed by atoms with Crippen LogP contribution in [0.3, 0.4) is 0 Å². The van der Waals surface area contributed by atoms with Crippen LogP contribution in [0.25, 0.3) is 0 Å². The van der Waals surface area contributed by atoms with Crippen molar-refractivity contribution in [3.8, 4) is 0 Å². The molecule has 1 saturated heterocycles. The highest BCUT2D eigenvalue weighted by Crippen LogP contribution is 2.20. The van der Waals surface area contributed by atoms with E-state index in [2.05, 4.69) is 10.1 Å². The molecule has 0 radical (unpaired) electrons. The van der Waals surface area contributed by atoms with Crippen LogP contribution in [0, 0.1) is 5.82 Å². The van der Waals surface area contributed by atoms with Crippen molar-refractivity contribution in [1.29, 1.82) is 0 Å². The Morgan fingerprint density at radius 1 is 1.38 bits per heavy atom. The number of nitrogens with two attached hydrogens (primary N) is 1. The number of likely N-dealkylation sites (tertiary alicyclic amines) is 1. The van der Waals surface area contributed by atoms with E-state index in [0.29, 0.717) is 25.2 Å². The minimum absolute atomic E-state index is 0.00255. The summed E-state index contributed by atoms with van der Waals surface area (Å²) >= 11 is 0. The van der Waals surface area contributed by atoms with Gasteiger partial charge in [0, 0.05) is 39.4 Å². The number of nitrogens with zero attached hydrogens (tertiary/aromatic N) is 2. The van der Waals surface area contributed by atoms with Gasteiger partial charge >= 0.3 is 0 Å². The first-order chi connectivity index (χ1) is 10.1. The Balaban J connectivity index is 2.17. The first kappa shape index (κ1) is 15.7. The molecule has 0 bridgehead atoms. The zero-order chi connectivity index (χ0) is 15.4. The first-order valence-electron chi connectivity index (χ1n) is 6.63.